The van der Waals surface area contributed by atoms with Gasteiger partial charge in [-0.2, -0.15) is 0 Å². The normalized spacial score (nSPS) is 7.70. The molecule has 0 bridgehead atoms. The van der Waals surface area contributed by atoms with E-state index in [1.807, 2.05) is 6.92 Å². The summed E-state index contributed by atoms with van der Waals surface area (Å²) < 4.78 is 4.67. The maximum absolute atomic E-state index is 10.3. The molecule has 0 fully saturated rings. The Morgan fingerprint density at radius 3 is 2.70 bits per heavy atom. The quantitative estimate of drug-likeness (QED) is 0.341. The van der Waals surface area contributed by atoms with Crippen molar-refractivity contribution in [3.63, 3.8) is 0 Å². The molecule has 2 nitrogen and oxygen atoms in total. The van der Waals surface area contributed by atoms with Crippen LogP contribution in [0, 0.1) is 7.43 Å². The van der Waals surface area contributed by atoms with Crippen LogP contribution in [0.25, 0.3) is 0 Å². The molecule has 59 valence electrons. The Morgan fingerprint density at radius 2 is 2.30 bits per heavy atom. The van der Waals surface area contributed by atoms with E-state index < -0.39 is 0 Å². The number of carbonyl (C=O) groups excluding carboxylic acids is 1. The summed E-state index contributed by atoms with van der Waals surface area (Å²) in [7, 11) is 0. The smallest absolute Gasteiger partial charge is 0.330 e. The molecule has 0 aromatic carbocycles. The highest BCUT2D eigenvalue weighted by molar-refractivity contribution is 5.81. The second-order valence-electron chi connectivity index (χ2n) is 1.73. The SMILES string of the molecule is C=CC(=O)OCCCC.[CH3]. The van der Waals surface area contributed by atoms with Gasteiger partial charge in [0.05, 0.1) is 6.61 Å². The second-order valence-corrected chi connectivity index (χ2v) is 1.73. The number of hydrogen-bond acceptors (Lipinski definition) is 2. The van der Waals surface area contributed by atoms with Crippen LogP contribution < -0.4 is 0 Å². The molecule has 0 spiro atoms. The number of unbranched alkanes of at least 4 members (excludes halogenated alkanes) is 1. The predicted octanol–water partition coefficient (Wildman–Crippen LogP) is 1.97. The summed E-state index contributed by atoms with van der Waals surface area (Å²) in [5.41, 5.74) is 0. The molecule has 0 rings (SSSR count). The topological polar surface area (TPSA) is 26.3 Å². The summed E-state index contributed by atoms with van der Waals surface area (Å²) in [6.07, 6.45) is 3.15. The first-order valence-electron chi connectivity index (χ1n) is 3.10. The molecule has 0 aromatic heterocycles. The summed E-state index contributed by atoms with van der Waals surface area (Å²) in [6, 6.07) is 0. The van der Waals surface area contributed by atoms with E-state index in [1.54, 1.807) is 0 Å². The van der Waals surface area contributed by atoms with Gasteiger partial charge in [-0.25, -0.2) is 4.79 Å². The highest BCUT2D eigenvalue weighted by Crippen LogP contribution is 1.88. The predicted molar refractivity (Wildman–Crippen MR) is 42.5 cm³/mol. The molecule has 0 aliphatic rings. The van der Waals surface area contributed by atoms with Crippen LogP contribution in [-0.4, -0.2) is 12.6 Å². The monoisotopic (exact) mass is 143 g/mol. The molecule has 0 unspecified atom stereocenters. The minimum absolute atomic E-state index is 0. The van der Waals surface area contributed by atoms with Crippen molar-refractivity contribution in [2.45, 2.75) is 19.8 Å². The van der Waals surface area contributed by atoms with Gasteiger partial charge in [0.25, 0.3) is 0 Å². The lowest BCUT2D eigenvalue weighted by atomic mass is 10.4. The summed E-state index contributed by atoms with van der Waals surface area (Å²) >= 11 is 0. The fourth-order valence-corrected chi connectivity index (χ4v) is 0.376. The van der Waals surface area contributed by atoms with E-state index in [2.05, 4.69) is 11.3 Å². The molecule has 0 heterocycles. The van der Waals surface area contributed by atoms with Crippen molar-refractivity contribution in [3.05, 3.63) is 20.1 Å². The van der Waals surface area contributed by atoms with E-state index in [-0.39, 0.29) is 13.4 Å². The van der Waals surface area contributed by atoms with Crippen molar-refractivity contribution in [2.75, 3.05) is 6.61 Å². The van der Waals surface area contributed by atoms with Crippen LogP contribution in [-0.2, 0) is 9.53 Å². The van der Waals surface area contributed by atoms with Gasteiger partial charge in [0.1, 0.15) is 0 Å². The van der Waals surface area contributed by atoms with Crippen molar-refractivity contribution in [1.29, 1.82) is 0 Å². The van der Waals surface area contributed by atoms with E-state index >= 15 is 0 Å². The maximum atomic E-state index is 10.3. The van der Waals surface area contributed by atoms with Crippen LogP contribution in [0.4, 0.5) is 0 Å². The first-order valence-corrected chi connectivity index (χ1v) is 3.10. The average molecular weight is 143 g/mol. The Labute approximate surface area is 62.9 Å². The van der Waals surface area contributed by atoms with Crippen LogP contribution in [0.2, 0.25) is 0 Å². The van der Waals surface area contributed by atoms with Gasteiger partial charge in [0, 0.05) is 6.08 Å². The van der Waals surface area contributed by atoms with Crippen molar-refractivity contribution in [3.8, 4) is 0 Å². The van der Waals surface area contributed by atoms with Crippen molar-refractivity contribution in [1.82, 2.24) is 0 Å². The molecular weight excluding hydrogens is 128 g/mol. The maximum Gasteiger partial charge on any atom is 0.330 e. The minimum Gasteiger partial charge on any atom is -0.463 e. The zero-order chi connectivity index (χ0) is 7.11. The van der Waals surface area contributed by atoms with E-state index in [1.165, 1.54) is 6.08 Å². The highest BCUT2D eigenvalue weighted by Gasteiger charge is 1.91. The average Bonchev–Trinajstić information content (AvgIpc) is 1.89. The fraction of sp³-hybridized carbons (Fsp3) is 0.500. The van der Waals surface area contributed by atoms with Gasteiger partial charge in [0.2, 0.25) is 0 Å². The Balaban J connectivity index is 0. The van der Waals surface area contributed by atoms with Crippen LogP contribution in [0.1, 0.15) is 19.8 Å². The van der Waals surface area contributed by atoms with Crippen LogP contribution in [0.5, 0.6) is 0 Å². The summed E-state index contributed by atoms with van der Waals surface area (Å²) in [6.45, 7) is 5.82. The molecule has 2 heteroatoms. The Bertz CT molecular complexity index is 97.4. The molecule has 0 amide bonds. The van der Waals surface area contributed by atoms with E-state index in [0.717, 1.165) is 12.8 Å². The Hall–Kier alpha value is -0.790. The first kappa shape index (κ1) is 11.9. The zero-order valence-corrected chi connectivity index (χ0v) is 6.72. The number of carbonyl (C=O) groups is 1. The molecule has 0 aliphatic heterocycles. The number of ether oxygens (including phenoxy) is 1. The third-order valence-corrected chi connectivity index (χ3v) is 0.909. The van der Waals surface area contributed by atoms with Gasteiger partial charge in [-0.05, 0) is 6.42 Å². The largest absolute Gasteiger partial charge is 0.463 e. The Morgan fingerprint density at radius 1 is 1.70 bits per heavy atom. The zero-order valence-electron chi connectivity index (χ0n) is 6.72. The van der Waals surface area contributed by atoms with Crippen molar-refractivity contribution >= 4 is 5.97 Å². The van der Waals surface area contributed by atoms with E-state index in [9.17, 15) is 4.79 Å². The molecule has 0 saturated heterocycles. The molecule has 1 radical (unpaired) electrons. The molecule has 0 saturated carbocycles. The van der Waals surface area contributed by atoms with Crippen LogP contribution in [0.15, 0.2) is 12.7 Å². The lowest BCUT2D eigenvalue weighted by Gasteiger charge is -1.97. The summed E-state index contributed by atoms with van der Waals surface area (Å²) in [4.78, 5) is 10.3. The lowest BCUT2D eigenvalue weighted by Crippen LogP contribution is -2.00. The highest BCUT2D eigenvalue weighted by atomic mass is 16.5. The van der Waals surface area contributed by atoms with Crippen LogP contribution in [0.3, 0.4) is 0 Å². The molecular formula is C8H15O2. The molecule has 10 heavy (non-hydrogen) atoms. The number of hydrogen-bond donors (Lipinski definition) is 0. The van der Waals surface area contributed by atoms with Gasteiger partial charge in [-0.15, -0.1) is 0 Å². The molecule has 0 aliphatic carbocycles. The van der Waals surface area contributed by atoms with Crippen molar-refractivity contribution in [2.24, 2.45) is 0 Å². The molecule has 0 atom stereocenters. The second kappa shape index (κ2) is 8.21. The van der Waals surface area contributed by atoms with Gasteiger partial charge >= 0.3 is 5.97 Å². The molecule has 0 aromatic rings. The Kier molecular flexibility index (Phi) is 9.80. The third-order valence-electron chi connectivity index (χ3n) is 0.909. The van der Waals surface area contributed by atoms with Gasteiger partial charge in [0.15, 0.2) is 0 Å². The number of esters is 1. The fourth-order valence-electron chi connectivity index (χ4n) is 0.376. The molecule has 0 N–H and O–H groups in total. The summed E-state index contributed by atoms with van der Waals surface area (Å²) in [5.74, 6) is -0.330. The lowest BCUT2D eigenvalue weighted by molar-refractivity contribution is -0.137. The summed E-state index contributed by atoms with van der Waals surface area (Å²) in [5, 5.41) is 0. The number of rotatable bonds is 4. The van der Waals surface area contributed by atoms with E-state index in [0.29, 0.717) is 6.61 Å². The van der Waals surface area contributed by atoms with Crippen LogP contribution >= 0.6 is 0 Å². The minimum atomic E-state index is -0.330. The van der Waals surface area contributed by atoms with Gasteiger partial charge in [-0.1, -0.05) is 27.4 Å². The standard InChI is InChI=1S/C7H12O2.CH3/c1-3-5-6-9-7(8)4-2;/h4H,2-3,5-6H2,1H3;1H3. The van der Waals surface area contributed by atoms with E-state index in [4.69, 9.17) is 0 Å². The first-order chi connectivity index (χ1) is 4.31. The third kappa shape index (κ3) is 7.21. The van der Waals surface area contributed by atoms with Gasteiger partial charge < -0.3 is 4.74 Å². The van der Waals surface area contributed by atoms with Crippen molar-refractivity contribution < 1.29 is 9.53 Å². The van der Waals surface area contributed by atoms with Gasteiger partial charge in [-0.3, -0.25) is 0 Å².